The molecule has 1 aliphatic rings. The summed E-state index contributed by atoms with van der Waals surface area (Å²) in [5.74, 6) is 1.15. The third kappa shape index (κ3) is 3.25. The van der Waals surface area contributed by atoms with Crippen molar-refractivity contribution >= 4 is 9.84 Å². The maximum Gasteiger partial charge on any atom is 0.154 e. The van der Waals surface area contributed by atoms with Crippen LogP contribution in [0, 0.1) is 0 Å². The Morgan fingerprint density at radius 1 is 1.17 bits per heavy atom. The van der Waals surface area contributed by atoms with E-state index in [4.69, 9.17) is 4.74 Å². The molecular weight excluding hydrogens is 248 g/mol. The molecule has 100 valence electrons. The summed E-state index contributed by atoms with van der Waals surface area (Å²) in [6, 6.07) is 7.93. The van der Waals surface area contributed by atoms with E-state index in [1.807, 2.05) is 24.3 Å². The Bertz CT molecular complexity index is 509. The SMILES string of the molecule is CC(C)(C)c1ccc(OC2CCS(=O)(=O)C2)cc1. The van der Waals surface area contributed by atoms with Crippen molar-refractivity contribution in [2.45, 2.75) is 38.7 Å². The van der Waals surface area contributed by atoms with E-state index in [0.29, 0.717) is 6.42 Å². The average molecular weight is 268 g/mol. The van der Waals surface area contributed by atoms with Crippen LogP contribution in [-0.2, 0) is 15.3 Å². The molecule has 18 heavy (non-hydrogen) atoms. The molecule has 1 aromatic rings. The van der Waals surface area contributed by atoms with Crippen LogP contribution in [0.5, 0.6) is 5.75 Å². The van der Waals surface area contributed by atoms with Gasteiger partial charge in [-0.3, -0.25) is 0 Å². The first-order chi connectivity index (χ1) is 8.26. The van der Waals surface area contributed by atoms with Gasteiger partial charge in [0.2, 0.25) is 0 Å². The first-order valence-electron chi connectivity index (χ1n) is 6.24. The fourth-order valence-corrected chi connectivity index (χ4v) is 3.67. The summed E-state index contributed by atoms with van der Waals surface area (Å²) in [6.07, 6.45) is 0.416. The Morgan fingerprint density at radius 2 is 1.78 bits per heavy atom. The van der Waals surface area contributed by atoms with Crippen LogP contribution < -0.4 is 4.74 Å². The number of hydrogen-bond donors (Lipinski definition) is 0. The van der Waals surface area contributed by atoms with E-state index in [0.717, 1.165) is 5.75 Å². The number of sulfone groups is 1. The molecule has 1 aromatic carbocycles. The zero-order valence-corrected chi connectivity index (χ0v) is 12.0. The molecule has 3 nitrogen and oxygen atoms in total. The Kier molecular flexibility index (Phi) is 3.41. The summed E-state index contributed by atoms with van der Waals surface area (Å²) >= 11 is 0. The van der Waals surface area contributed by atoms with Gasteiger partial charge in [-0.25, -0.2) is 8.42 Å². The molecule has 0 radical (unpaired) electrons. The highest BCUT2D eigenvalue weighted by Gasteiger charge is 2.29. The van der Waals surface area contributed by atoms with E-state index in [9.17, 15) is 8.42 Å². The van der Waals surface area contributed by atoms with Crippen LogP contribution in [0.1, 0.15) is 32.8 Å². The van der Waals surface area contributed by atoms with Crippen LogP contribution in [0.4, 0.5) is 0 Å². The summed E-state index contributed by atoms with van der Waals surface area (Å²) in [7, 11) is -2.87. The van der Waals surface area contributed by atoms with Crippen molar-refractivity contribution in [1.29, 1.82) is 0 Å². The van der Waals surface area contributed by atoms with Gasteiger partial charge >= 0.3 is 0 Å². The minimum Gasteiger partial charge on any atom is -0.489 e. The topological polar surface area (TPSA) is 43.4 Å². The molecule has 0 N–H and O–H groups in total. The number of hydrogen-bond acceptors (Lipinski definition) is 3. The van der Waals surface area contributed by atoms with Gasteiger partial charge in [0.25, 0.3) is 0 Å². The molecule has 1 atom stereocenters. The predicted octanol–water partition coefficient (Wildman–Crippen LogP) is 2.55. The first kappa shape index (κ1) is 13.4. The van der Waals surface area contributed by atoms with Gasteiger partial charge in [-0.15, -0.1) is 0 Å². The number of ether oxygens (including phenoxy) is 1. The number of benzene rings is 1. The molecular formula is C14H20O3S. The van der Waals surface area contributed by atoms with E-state index in [-0.39, 0.29) is 23.0 Å². The van der Waals surface area contributed by atoms with Crippen LogP contribution >= 0.6 is 0 Å². The molecule has 0 amide bonds. The van der Waals surface area contributed by atoms with Crippen molar-refractivity contribution in [3.63, 3.8) is 0 Å². The van der Waals surface area contributed by atoms with E-state index >= 15 is 0 Å². The van der Waals surface area contributed by atoms with Crippen molar-refractivity contribution in [3.05, 3.63) is 29.8 Å². The van der Waals surface area contributed by atoms with E-state index in [2.05, 4.69) is 20.8 Å². The summed E-state index contributed by atoms with van der Waals surface area (Å²) in [6.45, 7) is 6.48. The van der Waals surface area contributed by atoms with E-state index in [1.54, 1.807) is 0 Å². The molecule has 0 aliphatic carbocycles. The fourth-order valence-electron chi connectivity index (χ4n) is 2.08. The highest BCUT2D eigenvalue weighted by atomic mass is 32.2. The van der Waals surface area contributed by atoms with Crippen LogP contribution in [0.15, 0.2) is 24.3 Å². The zero-order chi connectivity index (χ0) is 13.4. The van der Waals surface area contributed by atoms with Gasteiger partial charge < -0.3 is 4.74 Å². The smallest absolute Gasteiger partial charge is 0.154 e. The fraction of sp³-hybridized carbons (Fsp3) is 0.571. The van der Waals surface area contributed by atoms with Crippen LogP contribution in [0.2, 0.25) is 0 Å². The van der Waals surface area contributed by atoms with Gasteiger partial charge in [-0.2, -0.15) is 0 Å². The molecule has 0 bridgehead atoms. The Labute approximate surface area is 109 Å². The lowest BCUT2D eigenvalue weighted by Gasteiger charge is -2.19. The summed E-state index contributed by atoms with van der Waals surface area (Å²) < 4.78 is 28.4. The summed E-state index contributed by atoms with van der Waals surface area (Å²) in [5, 5.41) is 0. The predicted molar refractivity (Wildman–Crippen MR) is 72.8 cm³/mol. The Balaban J connectivity index is 2.04. The van der Waals surface area contributed by atoms with Gasteiger partial charge in [0, 0.05) is 0 Å². The lowest BCUT2D eigenvalue weighted by atomic mass is 9.87. The Morgan fingerprint density at radius 3 is 2.22 bits per heavy atom. The van der Waals surface area contributed by atoms with Crippen molar-refractivity contribution < 1.29 is 13.2 Å². The molecule has 0 spiro atoms. The molecule has 1 unspecified atom stereocenters. The number of rotatable bonds is 2. The molecule has 1 saturated heterocycles. The van der Waals surface area contributed by atoms with Gasteiger partial charge in [0.05, 0.1) is 11.5 Å². The van der Waals surface area contributed by atoms with Crippen molar-refractivity contribution in [1.82, 2.24) is 0 Å². The second-order valence-corrected chi connectivity index (χ2v) is 8.15. The molecule has 0 aromatic heterocycles. The zero-order valence-electron chi connectivity index (χ0n) is 11.1. The molecule has 2 rings (SSSR count). The molecule has 4 heteroatoms. The van der Waals surface area contributed by atoms with Gasteiger partial charge in [-0.05, 0) is 29.5 Å². The standard InChI is InChI=1S/C14H20O3S/c1-14(2,3)11-4-6-12(7-5-11)17-13-8-9-18(15,16)10-13/h4-7,13H,8-10H2,1-3H3. The third-order valence-corrected chi connectivity index (χ3v) is 4.95. The average Bonchev–Trinajstić information content (AvgIpc) is 2.57. The van der Waals surface area contributed by atoms with Gasteiger partial charge in [0.15, 0.2) is 9.84 Å². The summed E-state index contributed by atoms with van der Waals surface area (Å²) in [4.78, 5) is 0. The van der Waals surface area contributed by atoms with Crippen LogP contribution in [0.25, 0.3) is 0 Å². The molecule has 1 heterocycles. The Hall–Kier alpha value is -1.03. The quantitative estimate of drug-likeness (QED) is 0.828. The van der Waals surface area contributed by atoms with Crippen LogP contribution in [0.3, 0.4) is 0 Å². The highest BCUT2D eigenvalue weighted by molar-refractivity contribution is 7.91. The molecule has 1 aliphatic heterocycles. The molecule has 1 fully saturated rings. The second kappa shape index (κ2) is 4.57. The van der Waals surface area contributed by atoms with Crippen molar-refractivity contribution in [2.24, 2.45) is 0 Å². The van der Waals surface area contributed by atoms with E-state index in [1.165, 1.54) is 5.56 Å². The first-order valence-corrected chi connectivity index (χ1v) is 8.06. The maximum absolute atomic E-state index is 11.3. The van der Waals surface area contributed by atoms with Crippen LogP contribution in [-0.4, -0.2) is 26.0 Å². The van der Waals surface area contributed by atoms with Gasteiger partial charge in [-0.1, -0.05) is 32.9 Å². The summed E-state index contributed by atoms with van der Waals surface area (Å²) in [5.41, 5.74) is 1.36. The lowest BCUT2D eigenvalue weighted by molar-refractivity contribution is 0.229. The maximum atomic E-state index is 11.3. The van der Waals surface area contributed by atoms with Crippen molar-refractivity contribution in [3.8, 4) is 5.75 Å². The van der Waals surface area contributed by atoms with Gasteiger partial charge in [0.1, 0.15) is 11.9 Å². The lowest BCUT2D eigenvalue weighted by Crippen LogP contribution is -2.18. The monoisotopic (exact) mass is 268 g/mol. The molecule has 0 saturated carbocycles. The third-order valence-electron chi connectivity index (χ3n) is 3.21. The second-order valence-electron chi connectivity index (χ2n) is 5.92. The minimum absolute atomic E-state index is 0.120. The largest absolute Gasteiger partial charge is 0.489 e. The highest BCUT2D eigenvalue weighted by Crippen LogP contribution is 2.25. The van der Waals surface area contributed by atoms with E-state index < -0.39 is 9.84 Å². The van der Waals surface area contributed by atoms with Crippen molar-refractivity contribution in [2.75, 3.05) is 11.5 Å². The minimum atomic E-state index is -2.87. The normalized spacial score (nSPS) is 22.9.